The van der Waals surface area contributed by atoms with Crippen molar-refractivity contribution in [2.75, 3.05) is 4.90 Å². The van der Waals surface area contributed by atoms with Gasteiger partial charge in [0.05, 0.1) is 11.4 Å². The summed E-state index contributed by atoms with van der Waals surface area (Å²) < 4.78 is 11.7. The van der Waals surface area contributed by atoms with E-state index >= 15 is 0 Å². The van der Waals surface area contributed by atoms with E-state index in [-0.39, 0.29) is 0 Å². The van der Waals surface area contributed by atoms with E-state index in [0.29, 0.717) is 0 Å². The average molecular weight is 776 g/mol. The number of nitrogens with zero attached hydrogens (tertiary/aromatic N) is 1. The van der Waals surface area contributed by atoms with Crippen LogP contribution in [-0.2, 0) is 0 Å². The molecule has 0 spiro atoms. The maximum Gasteiger partial charge on any atom is 0.137 e. The smallest absolute Gasteiger partial charge is 0.137 e. The Morgan fingerprint density at radius 1 is 0.362 bits per heavy atom. The zero-order valence-electron chi connectivity index (χ0n) is 31.2. The molecule has 0 bridgehead atoms. The van der Waals surface area contributed by atoms with Gasteiger partial charge in [0, 0.05) is 68.4 Å². The number of hydrogen-bond acceptors (Lipinski definition) is 4. The molecule has 0 saturated heterocycles. The maximum absolute atomic E-state index is 6.63. The first kappa shape index (κ1) is 33.2. The SMILES string of the molecule is c1ccc(-c2ccc3sc4c(-c5ccccc5)cccc4c3c2N(c2ccc3c(c2)oc2ccccc23)c2ccc(-c3ccccc3)c3sc4ccccc4c23)cc1. The van der Waals surface area contributed by atoms with Gasteiger partial charge in [-0.15, -0.1) is 22.7 Å². The van der Waals surface area contributed by atoms with Gasteiger partial charge in [0.1, 0.15) is 11.2 Å². The molecule has 272 valence electrons. The molecule has 0 aliphatic heterocycles. The Morgan fingerprint density at radius 3 is 1.71 bits per heavy atom. The molecule has 3 heterocycles. The second-order valence-corrected chi connectivity index (χ2v) is 16.9. The Kier molecular flexibility index (Phi) is 7.62. The molecule has 0 saturated carbocycles. The normalized spacial score (nSPS) is 11.8. The van der Waals surface area contributed by atoms with Crippen LogP contribution in [0.2, 0.25) is 0 Å². The number of hydrogen-bond donors (Lipinski definition) is 0. The average Bonchev–Trinajstić information content (AvgIpc) is 3.99. The van der Waals surface area contributed by atoms with Crippen molar-refractivity contribution < 1.29 is 4.42 Å². The van der Waals surface area contributed by atoms with Gasteiger partial charge in [0.2, 0.25) is 0 Å². The lowest BCUT2D eigenvalue weighted by molar-refractivity contribution is 0.669. The third kappa shape index (κ3) is 5.16. The highest BCUT2D eigenvalue weighted by Crippen LogP contribution is 2.54. The molecule has 0 aliphatic rings. The first-order valence-electron chi connectivity index (χ1n) is 19.6. The monoisotopic (exact) mass is 775 g/mol. The molecule has 0 aliphatic carbocycles. The van der Waals surface area contributed by atoms with Crippen LogP contribution in [0.4, 0.5) is 17.1 Å². The Bertz CT molecular complexity index is 3510. The van der Waals surface area contributed by atoms with E-state index in [2.05, 4.69) is 199 Å². The van der Waals surface area contributed by atoms with Gasteiger partial charge in [-0.05, 0) is 64.2 Å². The number of thiophene rings is 2. The van der Waals surface area contributed by atoms with Crippen LogP contribution >= 0.6 is 22.7 Å². The minimum absolute atomic E-state index is 0.867. The van der Waals surface area contributed by atoms with Crippen molar-refractivity contribution in [2.24, 2.45) is 0 Å². The highest BCUT2D eigenvalue weighted by molar-refractivity contribution is 7.27. The van der Waals surface area contributed by atoms with E-state index < -0.39 is 0 Å². The van der Waals surface area contributed by atoms with Crippen LogP contribution in [-0.4, -0.2) is 0 Å². The molecule has 3 aromatic heterocycles. The summed E-state index contributed by atoms with van der Waals surface area (Å²) in [6.45, 7) is 0. The van der Waals surface area contributed by atoms with Gasteiger partial charge in [0.15, 0.2) is 0 Å². The Balaban J connectivity index is 1.25. The standard InChI is InChI=1S/C54H33NOS2/c1-4-15-34(16-5-1)38-30-32-49-51(44-24-14-23-39(53(44)58-49)35-17-6-2-7-18-35)52(38)55(37-27-28-42-41-21-10-12-25-46(41)56-47(42)33-37)45-31-29-40(36-19-8-3-9-20-36)54-50(45)43-22-11-13-26-48(43)57-54/h1-33H. The second-order valence-electron chi connectivity index (χ2n) is 14.8. The molecule has 2 nitrogen and oxygen atoms in total. The lowest BCUT2D eigenvalue weighted by Crippen LogP contribution is -2.12. The fourth-order valence-corrected chi connectivity index (χ4v) is 11.4. The van der Waals surface area contributed by atoms with Gasteiger partial charge < -0.3 is 9.32 Å². The molecule has 0 atom stereocenters. The number of anilines is 3. The third-order valence-corrected chi connectivity index (χ3v) is 13.9. The van der Waals surface area contributed by atoms with E-state index in [4.69, 9.17) is 4.42 Å². The summed E-state index contributed by atoms with van der Waals surface area (Å²) in [6.07, 6.45) is 0. The largest absolute Gasteiger partial charge is 0.456 e. The van der Waals surface area contributed by atoms with Gasteiger partial charge in [-0.25, -0.2) is 0 Å². The predicted molar refractivity (Wildman–Crippen MR) is 250 cm³/mol. The quantitative estimate of drug-likeness (QED) is 0.167. The summed E-state index contributed by atoms with van der Waals surface area (Å²) in [6, 6.07) is 72.6. The summed E-state index contributed by atoms with van der Waals surface area (Å²) in [5.41, 5.74) is 12.3. The van der Waals surface area contributed by atoms with Crippen LogP contribution < -0.4 is 4.90 Å². The summed E-state index contributed by atoms with van der Waals surface area (Å²) in [7, 11) is 0. The van der Waals surface area contributed by atoms with E-state index in [1.807, 2.05) is 28.7 Å². The number of furan rings is 1. The highest BCUT2D eigenvalue weighted by Gasteiger charge is 2.27. The van der Waals surface area contributed by atoms with Crippen molar-refractivity contribution in [2.45, 2.75) is 0 Å². The Hall–Kier alpha value is -6.98. The lowest BCUT2D eigenvalue weighted by atomic mass is 9.95. The second kappa shape index (κ2) is 13.3. The van der Waals surface area contributed by atoms with Gasteiger partial charge in [0.25, 0.3) is 0 Å². The third-order valence-electron chi connectivity index (χ3n) is 11.5. The first-order valence-corrected chi connectivity index (χ1v) is 21.2. The van der Waals surface area contributed by atoms with Crippen LogP contribution in [0.25, 0.3) is 95.7 Å². The van der Waals surface area contributed by atoms with Crippen LogP contribution in [0.15, 0.2) is 205 Å². The molecular formula is C54H33NOS2. The molecule has 12 aromatic rings. The molecule has 12 rings (SSSR count). The van der Waals surface area contributed by atoms with E-state index in [1.165, 1.54) is 73.7 Å². The maximum atomic E-state index is 6.63. The Morgan fingerprint density at radius 2 is 0.948 bits per heavy atom. The molecule has 0 amide bonds. The van der Waals surface area contributed by atoms with Gasteiger partial charge >= 0.3 is 0 Å². The zero-order chi connectivity index (χ0) is 38.2. The summed E-state index contributed by atoms with van der Waals surface area (Å²) in [5.74, 6) is 0. The van der Waals surface area contributed by atoms with Crippen molar-refractivity contribution in [3.8, 4) is 33.4 Å². The minimum Gasteiger partial charge on any atom is -0.456 e. The number of fused-ring (bicyclic) bond motifs is 9. The van der Waals surface area contributed by atoms with Crippen molar-refractivity contribution in [1.29, 1.82) is 0 Å². The minimum atomic E-state index is 0.867. The summed E-state index contributed by atoms with van der Waals surface area (Å²) in [4.78, 5) is 2.54. The van der Waals surface area contributed by atoms with Crippen molar-refractivity contribution in [1.82, 2.24) is 0 Å². The molecule has 58 heavy (non-hydrogen) atoms. The molecule has 0 N–H and O–H groups in total. The predicted octanol–water partition coefficient (Wildman–Crippen LogP) is 16.8. The van der Waals surface area contributed by atoms with Crippen molar-refractivity contribution in [3.05, 3.63) is 200 Å². The van der Waals surface area contributed by atoms with Gasteiger partial charge in [-0.1, -0.05) is 158 Å². The van der Waals surface area contributed by atoms with Crippen LogP contribution in [0.1, 0.15) is 0 Å². The molecule has 0 unspecified atom stereocenters. The fourth-order valence-electron chi connectivity index (χ4n) is 8.88. The van der Waals surface area contributed by atoms with E-state index in [1.54, 1.807) is 0 Å². The summed E-state index contributed by atoms with van der Waals surface area (Å²) in [5, 5.41) is 7.21. The van der Waals surface area contributed by atoms with Crippen LogP contribution in [0, 0.1) is 0 Å². The van der Waals surface area contributed by atoms with Crippen LogP contribution in [0.5, 0.6) is 0 Å². The van der Waals surface area contributed by atoms with Crippen LogP contribution in [0.3, 0.4) is 0 Å². The molecule has 4 heteroatoms. The number of benzene rings is 9. The van der Waals surface area contributed by atoms with Gasteiger partial charge in [-0.2, -0.15) is 0 Å². The zero-order valence-corrected chi connectivity index (χ0v) is 32.9. The van der Waals surface area contributed by atoms with E-state index in [9.17, 15) is 0 Å². The summed E-state index contributed by atoms with van der Waals surface area (Å²) >= 11 is 3.75. The number of para-hydroxylation sites is 1. The van der Waals surface area contributed by atoms with Gasteiger partial charge in [-0.3, -0.25) is 0 Å². The lowest BCUT2D eigenvalue weighted by Gasteiger charge is -2.30. The molecule has 9 aromatic carbocycles. The number of rotatable bonds is 6. The molecule has 0 radical (unpaired) electrons. The van der Waals surface area contributed by atoms with Crippen molar-refractivity contribution >= 4 is 102 Å². The van der Waals surface area contributed by atoms with Crippen molar-refractivity contribution in [3.63, 3.8) is 0 Å². The first-order chi connectivity index (χ1) is 28.8. The Labute approximate surface area is 343 Å². The highest BCUT2D eigenvalue weighted by atomic mass is 32.1. The molecule has 0 fully saturated rings. The fraction of sp³-hybridized carbons (Fsp3) is 0. The topological polar surface area (TPSA) is 16.4 Å². The van der Waals surface area contributed by atoms with E-state index in [0.717, 1.165) is 39.0 Å². The molecular weight excluding hydrogens is 743 g/mol.